The number of halogens is 2. The highest BCUT2D eigenvalue weighted by Gasteiger charge is 2.23. The summed E-state index contributed by atoms with van der Waals surface area (Å²) in [6, 6.07) is 12.7. The summed E-state index contributed by atoms with van der Waals surface area (Å²) in [5.74, 6) is -0.415. The van der Waals surface area contributed by atoms with Crippen LogP contribution in [0.15, 0.2) is 57.9 Å². The molecule has 0 radical (unpaired) electrons. The first kappa shape index (κ1) is 15.2. The highest BCUT2D eigenvalue weighted by Crippen LogP contribution is 2.25. The van der Waals surface area contributed by atoms with E-state index in [1.165, 1.54) is 19.2 Å². The third kappa shape index (κ3) is 3.08. The van der Waals surface area contributed by atoms with Crippen LogP contribution in [0.3, 0.4) is 0 Å². The lowest BCUT2D eigenvalue weighted by atomic mass is 10.2. The van der Waals surface area contributed by atoms with Crippen molar-refractivity contribution in [3.63, 3.8) is 0 Å². The molecule has 0 aromatic heterocycles. The van der Waals surface area contributed by atoms with Crippen molar-refractivity contribution in [2.24, 2.45) is 0 Å². The topological polar surface area (TPSA) is 37.4 Å². The van der Waals surface area contributed by atoms with Gasteiger partial charge in [0.2, 0.25) is 10.0 Å². The van der Waals surface area contributed by atoms with E-state index in [2.05, 4.69) is 15.9 Å². The van der Waals surface area contributed by atoms with E-state index in [1.807, 2.05) is 0 Å². The first-order valence-corrected chi connectivity index (χ1v) is 8.10. The van der Waals surface area contributed by atoms with Crippen LogP contribution < -0.4 is 0 Å². The zero-order valence-electron chi connectivity index (χ0n) is 10.8. The molecule has 0 aliphatic rings. The van der Waals surface area contributed by atoms with E-state index in [4.69, 9.17) is 0 Å². The van der Waals surface area contributed by atoms with Gasteiger partial charge in [-0.1, -0.05) is 30.3 Å². The molecule has 0 heterocycles. The van der Waals surface area contributed by atoms with E-state index in [1.54, 1.807) is 36.4 Å². The van der Waals surface area contributed by atoms with E-state index in [0.717, 1.165) is 4.31 Å². The quantitative estimate of drug-likeness (QED) is 0.840. The number of nitrogens with zero attached hydrogens (tertiary/aromatic N) is 1. The summed E-state index contributed by atoms with van der Waals surface area (Å²) in [6.07, 6.45) is 0. The van der Waals surface area contributed by atoms with Crippen LogP contribution in [0.2, 0.25) is 0 Å². The van der Waals surface area contributed by atoms with Crippen molar-refractivity contribution < 1.29 is 12.8 Å². The zero-order chi connectivity index (χ0) is 14.8. The second-order valence-electron chi connectivity index (χ2n) is 4.28. The van der Waals surface area contributed by atoms with Gasteiger partial charge in [0.1, 0.15) is 5.82 Å². The normalized spacial score (nSPS) is 11.8. The summed E-state index contributed by atoms with van der Waals surface area (Å²) >= 11 is 3.22. The average Bonchev–Trinajstić information content (AvgIpc) is 2.41. The van der Waals surface area contributed by atoms with Gasteiger partial charge in [0.25, 0.3) is 0 Å². The third-order valence-electron chi connectivity index (χ3n) is 2.88. The average molecular weight is 358 g/mol. The fourth-order valence-electron chi connectivity index (χ4n) is 1.77. The molecule has 0 saturated heterocycles. The first-order chi connectivity index (χ1) is 9.43. The third-order valence-corrected chi connectivity index (χ3v) is 5.69. The minimum absolute atomic E-state index is 0.0175. The summed E-state index contributed by atoms with van der Waals surface area (Å²) in [6.45, 7) is -0.0175. The molecule has 2 rings (SSSR count). The molecule has 0 amide bonds. The van der Waals surface area contributed by atoms with Gasteiger partial charge in [0.15, 0.2) is 0 Å². The van der Waals surface area contributed by atoms with Gasteiger partial charge in [0.05, 0.1) is 4.90 Å². The molecule has 0 aliphatic heterocycles. The number of hydrogen-bond donors (Lipinski definition) is 0. The summed E-state index contributed by atoms with van der Waals surface area (Å²) in [7, 11) is -2.23. The van der Waals surface area contributed by atoms with Gasteiger partial charge < -0.3 is 0 Å². The molecule has 20 heavy (non-hydrogen) atoms. The van der Waals surface area contributed by atoms with Crippen molar-refractivity contribution in [3.05, 3.63) is 64.4 Å². The van der Waals surface area contributed by atoms with Crippen LogP contribution in [0.5, 0.6) is 0 Å². The van der Waals surface area contributed by atoms with E-state index < -0.39 is 15.8 Å². The van der Waals surface area contributed by atoms with Crippen molar-refractivity contribution in [3.8, 4) is 0 Å². The molecule has 3 nitrogen and oxygen atoms in total. The minimum Gasteiger partial charge on any atom is -0.207 e. The molecule has 6 heteroatoms. The van der Waals surface area contributed by atoms with Crippen molar-refractivity contribution in [1.29, 1.82) is 0 Å². The lowest BCUT2D eigenvalue weighted by Gasteiger charge is -2.18. The highest BCUT2D eigenvalue weighted by molar-refractivity contribution is 9.10. The molecule has 2 aromatic carbocycles. The van der Waals surface area contributed by atoms with Crippen molar-refractivity contribution in [2.45, 2.75) is 11.4 Å². The largest absolute Gasteiger partial charge is 0.244 e. The molecule has 2 aromatic rings. The standard InChI is InChI=1S/C14H13BrFNO2S/c1-17(10-11-6-2-4-8-13(11)16)20(18,19)14-9-5-3-7-12(14)15/h2-9H,10H2,1H3. The number of rotatable bonds is 4. The summed E-state index contributed by atoms with van der Waals surface area (Å²) in [4.78, 5) is 0.166. The Morgan fingerprint density at radius 2 is 1.70 bits per heavy atom. The molecule has 0 atom stereocenters. The van der Waals surface area contributed by atoms with Gasteiger partial charge in [-0.15, -0.1) is 0 Å². The molecule has 0 aliphatic carbocycles. The fraction of sp³-hybridized carbons (Fsp3) is 0.143. The highest BCUT2D eigenvalue weighted by atomic mass is 79.9. The number of sulfonamides is 1. The Kier molecular flexibility index (Phi) is 4.57. The maximum atomic E-state index is 13.6. The maximum absolute atomic E-state index is 13.6. The SMILES string of the molecule is CN(Cc1ccccc1F)S(=O)(=O)c1ccccc1Br. The Morgan fingerprint density at radius 3 is 2.35 bits per heavy atom. The number of benzene rings is 2. The molecule has 0 fully saturated rings. The summed E-state index contributed by atoms with van der Waals surface area (Å²) in [5.41, 5.74) is 0.339. The smallest absolute Gasteiger partial charge is 0.207 e. The molecule has 0 saturated carbocycles. The van der Waals surface area contributed by atoms with Crippen LogP contribution in [0.25, 0.3) is 0 Å². The Labute approximate surface area is 126 Å². The molecule has 0 N–H and O–H groups in total. The maximum Gasteiger partial charge on any atom is 0.244 e. The Morgan fingerprint density at radius 1 is 1.10 bits per heavy atom. The molecular formula is C14H13BrFNO2S. The molecular weight excluding hydrogens is 345 g/mol. The van der Waals surface area contributed by atoms with E-state index in [9.17, 15) is 12.8 Å². The Balaban J connectivity index is 2.31. The molecule has 0 bridgehead atoms. The minimum atomic E-state index is -3.66. The second kappa shape index (κ2) is 6.03. The number of hydrogen-bond acceptors (Lipinski definition) is 2. The van der Waals surface area contributed by atoms with Crippen molar-refractivity contribution >= 4 is 26.0 Å². The first-order valence-electron chi connectivity index (χ1n) is 5.87. The van der Waals surface area contributed by atoms with Gasteiger partial charge in [-0.05, 0) is 34.1 Å². The second-order valence-corrected chi connectivity index (χ2v) is 7.15. The van der Waals surface area contributed by atoms with Gasteiger partial charge in [-0.2, -0.15) is 4.31 Å². The molecule has 0 spiro atoms. The van der Waals surface area contributed by atoms with E-state index >= 15 is 0 Å². The van der Waals surface area contributed by atoms with Crippen LogP contribution in [-0.2, 0) is 16.6 Å². The van der Waals surface area contributed by atoms with Crippen molar-refractivity contribution in [2.75, 3.05) is 7.05 Å². The predicted octanol–water partition coefficient (Wildman–Crippen LogP) is 3.41. The monoisotopic (exact) mass is 357 g/mol. The summed E-state index contributed by atoms with van der Waals surface area (Å²) < 4.78 is 40.1. The Hall–Kier alpha value is -1.24. The van der Waals surface area contributed by atoms with Crippen LogP contribution in [0.1, 0.15) is 5.56 Å². The molecule has 0 unspecified atom stereocenters. The lowest BCUT2D eigenvalue weighted by Crippen LogP contribution is -2.27. The van der Waals surface area contributed by atoms with E-state index in [0.29, 0.717) is 10.0 Å². The van der Waals surface area contributed by atoms with Gasteiger partial charge in [-0.3, -0.25) is 0 Å². The summed E-state index contributed by atoms with van der Waals surface area (Å²) in [5, 5.41) is 0. The predicted molar refractivity (Wildman–Crippen MR) is 79.2 cm³/mol. The van der Waals surface area contributed by atoms with Crippen LogP contribution in [0, 0.1) is 5.82 Å². The zero-order valence-corrected chi connectivity index (χ0v) is 13.2. The molecule has 106 valence electrons. The van der Waals surface area contributed by atoms with E-state index in [-0.39, 0.29) is 11.4 Å². The van der Waals surface area contributed by atoms with Crippen LogP contribution >= 0.6 is 15.9 Å². The van der Waals surface area contributed by atoms with Crippen molar-refractivity contribution in [1.82, 2.24) is 4.31 Å². The van der Waals surface area contributed by atoms with Crippen LogP contribution in [0.4, 0.5) is 4.39 Å². The van der Waals surface area contributed by atoms with Gasteiger partial charge >= 0.3 is 0 Å². The van der Waals surface area contributed by atoms with Gasteiger partial charge in [-0.25, -0.2) is 12.8 Å². The van der Waals surface area contributed by atoms with Crippen LogP contribution in [-0.4, -0.2) is 19.8 Å². The van der Waals surface area contributed by atoms with Gasteiger partial charge in [0, 0.05) is 23.6 Å². The lowest BCUT2D eigenvalue weighted by molar-refractivity contribution is 0.456. The fourth-order valence-corrected chi connectivity index (χ4v) is 3.88. The Bertz CT molecular complexity index is 719.